The summed E-state index contributed by atoms with van der Waals surface area (Å²) in [5.41, 5.74) is 7.66. The molecule has 0 atom stereocenters. The average molecular weight is 216 g/mol. The third-order valence-electron chi connectivity index (χ3n) is 2.18. The van der Waals surface area contributed by atoms with Gasteiger partial charge in [0.1, 0.15) is 0 Å². The van der Waals surface area contributed by atoms with Crippen molar-refractivity contribution in [3.05, 3.63) is 54.0 Å². The lowest BCUT2D eigenvalue weighted by atomic mass is 10.2. The summed E-state index contributed by atoms with van der Waals surface area (Å²) in [4.78, 5) is 11.7. The summed E-state index contributed by atoms with van der Waals surface area (Å²) in [5, 5.41) is 2.77. The number of furan rings is 1. The summed E-state index contributed by atoms with van der Waals surface area (Å²) >= 11 is 0. The van der Waals surface area contributed by atoms with Crippen LogP contribution in [0.5, 0.6) is 0 Å². The summed E-state index contributed by atoms with van der Waals surface area (Å²) in [6, 6.07) is 8.67. The molecule has 0 fully saturated rings. The number of nitrogen functional groups attached to an aromatic ring is 1. The van der Waals surface area contributed by atoms with Crippen LogP contribution >= 0.6 is 0 Å². The highest BCUT2D eigenvalue weighted by Crippen LogP contribution is 2.07. The smallest absolute Gasteiger partial charge is 0.251 e. The number of carbonyl (C=O) groups is 1. The van der Waals surface area contributed by atoms with E-state index in [-0.39, 0.29) is 5.91 Å². The highest BCUT2D eigenvalue weighted by Gasteiger charge is 2.05. The Hall–Kier alpha value is -2.23. The van der Waals surface area contributed by atoms with Crippen LogP contribution in [0.1, 0.15) is 15.9 Å². The molecule has 1 amide bonds. The van der Waals surface area contributed by atoms with Crippen LogP contribution in [0, 0.1) is 0 Å². The Balaban J connectivity index is 1.98. The van der Waals surface area contributed by atoms with Crippen molar-refractivity contribution >= 4 is 11.6 Å². The van der Waals surface area contributed by atoms with Crippen LogP contribution in [0.25, 0.3) is 0 Å². The molecule has 0 saturated carbocycles. The molecule has 1 aromatic heterocycles. The zero-order valence-electron chi connectivity index (χ0n) is 8.64. The fraction of sp³-hybridized carbons (Fsp3) is 0.0833. The van der Waals surface area contributed by atoms with Gasteiger partial charge in [-0.1, -0.05) is 6.07 Å². The first-order valence-electron chi connectivity index (χ1n) is 4.90. The molecule has 1 aromatic carbocycles. The maximum absolute atomic E-state index is 11.7. The van der Waals surface area contributed by atoms with Gasteiger partial charge in [0.15, 0.2) is 0 Å². The predicted molar refractivity (Wildman–Crippen MR) is 60.7 cm³/mol. The predicted octanol–water partition coefficient (Wildman–Crippen LogP) is 1.79. The van der Waals surface area contributed by atoms with Crippen LogP contribution in [-0.2, 0) is 6.54 Å². The Morgan fingerprint density at radius 2 is 2.25 bits per heavy atom. The van der Waals surface area contributed by atoms with E-state index in [4.69, 9.17) is 10.2 Å². The molecule has 0 aliphatic heterocycles. The number of rotatable bonds is 3. The van der Waals surface area contributed by atoms with Gasteiger partial charge < -0.3 is 15.5 Å². The van der Waals surface area contributed by atoms with Crippen LogP contribution in [0.3, 0.4) is 0 Å². The fourth-order valence-corrected chi connectivity index (χ4v) is 1.36. The Bertz CT molecular complexity index is 478. The van der Waals surface area contributed by atoms with Gasteiger partial charge in [0.25, 0.3) is 5.91 Å². The SMILES string of the molecule is Nc1cccc(C(=O)NCc2ccoc2)c1. The second kappa shape index (κ2) is 4.53. The molecule has 82 valence electrons. The summed E-state index contributed by atoms with van der Waals surface area (Å²) < 4.78 is 4.90. The van der Waals surface area contributed by atoms with Crippen LogP contribution in [0.15, 0.2) is 47.3 Å². The van der Waals surface area contributed by atoms with E-state index in [9.17, 15) is 4.79 Å². The molecule has 0 radical (unpaired) electrons. The Morgan fingerprint density at radius 3 is 2.94 bits per heavy atom. The number of nitrogens with two attached hydrogens (primary N) is 1. The van der Waals surface area contributed by atoms with Gasteiger partial charge in [0.2, 0.25) is 0 Å². The molecule has 0 spiro atoms. The summed E-state index contributed by atoms with van der Waals surface area (Å²) in [6.07, 6.45) is 3.17. The zero-order chi connectivity index (χ0) is 11.4. The Kier molecular flexibility index (Phi) is 2.91. The van der Waals surface area contributed by atoms with E-state index in [0.29, 0.717) is 17.8 Å². The van der Waals surface area contributed by atoms with Crippen molar-refractivity contribution in [2.75, 3.05) is 5.73 Å². The van der Waals surface area contributed by atoms with Crippen molar-refractivity contribution < 1.29 is 9.21 Å². The monoisotopic (exact) mass is 216 g/mol. The highest BCUT2D eigenvalue weighted by atomic mass is 16.3. The van der Waals surface area contributed by atoms with Gasteiger partial charge in [0, 0.05) is 23.4 Å². The second-order valence-electron chi connectivity index (χ2n) is 3.44. The van der Waals surface area contributed by atoms with Gasteiger partial charge in [-0.05, 0) is 24.3 Å². The van der Waals surface area contributed by atoms with Gasteiger partial charge in [0.05, 0.1) is 12.5 Å². The van der Waals surface area contributed by atoms with Gasteiger partial charge in [-0.15, -0.1) is 0 Å². The largest absolute Gasteiger partial charge is 0.472 e. The van der Waals surface area contributed by atoms with E-state index in [1.54, 1.807) is 42.9 Å². The molecule has 3 N–H and O–H groups in total. The molecule has 1 heterocycles. The Morgan fingerprint density at radius 1 is 1.38 bits per heavy atom. The average Bonchev–Trinajstić information content (AvgIpc) is 2.78. The van der Waals surface area contributed by atoms with Crippen LogP contribution in [0.4, 0.5) is 5.69 Å². The van der Waals surface area contributed by atoms with Crippen LogP contribution in [-0.4, -0.2) is 5.91 Å². The third-order valence-corrected chi connectivity index (χ3v) is 2.18. The molecule has 2 rings (SSSR count). The summed E-state index contributed by atoms with van der Waals surface area (Å²) in [6.45, 7) is 0.449. The van der Waals surface area contributed by atoms with Crippen molar-refractivity contribution in [1.29, 1.82) is 0 Å². The normalized spacial score (nSPS) is 10.0. The molecular formula is C12H12N2O2. The first-order chi connectivity index (χ1) is 7.75. The molecule has 4 heteroatoms. The van der Waals surface area contributed by atoms with E-state index in [1.807, 2.05) is 0 Å². The maximum atomic E-state index is 11.7. The van der Waals surface area contributed by atoms with E-state index in [2.05, 4.69) is 5.32 Å². The molecule has 0 unspecified atom stereocenters. The van der Waals surface area contributed by atoms with E-state index < -0.39 is 0 Å². The molecule has 4 nitrogen and oxygen atoms in total. The molecule has 0 saturated heterocycles. The number of hydrogen-bond donors (Lipinski definition) is 2. The number of amides is 1. The van der Waals surface area contributed by atoms with Gasteiger partial charge >= 0.3 is 0 Å². The van der Waals surface area contributed by atoms with Gasteiger partial charge in [-0.2, -0.15) is 0 Å². The van der Waals surface area contributed by atoms with Crippen molar-refractivity contribution in [2.45, 2.75) is 6.54 Å². The number of benzene rings is 1. The quantitative estimate of drug-likeness (QED) is 0.768. The van der Waals surface area contributed by atoms with Crippen molar-refractivity contribution in [3.8, 4) is 0 Å². The fourth-order valence-electron chi connectivity index (χ4n) is 1.36. The van der Waals surface area contributed by atoms with Gasteiger partial charge in [-0.3, -0.25) is 4.79 Å². The van der Waals surface area contributed by atoms with Crippen molar-refractivity contribution in [3.63, 3.8) is 0 Å². The van der Waals surface area contributed by atoms with E-state index in [1.165, 1.54) is 0 Å². The number of anilines is 1. The first kappa shape index (κ1) is 10.3. The van der Waals surface area contributed by atoms with Crippen molar-refractivity contribution in [2.24, 2.45) is 0 Å². The maximum Gasteiger partial charge on any atom is 0.251 e. The molecule has 0 aliphatic rings. The van der Waals surface area contributed by atoms with Gasteiger partial charge in [-0.25, -0.2) is 0 Å². The number of carbonyl (C=O) groups excluding carboxylic acids is 1. The van der Waals surface area contributed by atoms with Crippen LogP contribution < -0.4 is 11.1 Å². The first-order valence-corrected chi connectivity index (χ1v) is 4.90. The standard InChI is InChI=1S/C12H12N2O2/c13-11-3-1-2-10(6-11)12(15)14-7-9-4-5-16-8-9/h1-6,8H,7,13H2,(H,14,15). The van der Waals surface area contributed by atoms with E-state index >= 15 is 0 Å². The summed E-state index contributed by atoms with van der Waals surface area (Å²) in [5.74, 6) is -0.145. The lowest BCUT2D eigenvalue weighted by Crippen LogP contribution is -2.22. The molecular weight excluding hydrogens is 204 g/mol. The molecule has 16 heavy (non-hydrogen) atoms. The summed E-state index contributed by atoms with van der Waals surface area (Å²) in [7, 11) is 0. The number of nitrogens with one attached hydrogen (secondary N) is 1. The highest BCUT2D eigenvalue weighted by molar-refractivity contribution is 5.94. The zero-order valence-corrected chi connectivity index (χ0v) is 8.64. The Labute approximate surface area is 93.1 Å². The third kappa shape index (κ3) is 2.42. The minimum absolute atomic E-state index is 0.145. The minimum Gasteiger partial charge on any atom is -0.472 e. The van der Waals surface area contributed by atoms with Crippen LogP contribution in [0.2, 0.25) is 0 Å². The molecule has 0 bridgehead atoms. The lowest BCUT2D eigenvalue weighted by molar-refractivity contribution is 0.0951. The molecule has 2 aromatic rings. The van der Waals surface area contributed by atoms with E-state index in [0.717, 1.165) is 5.56 Å². The van der Waals surface area contributed by atoms with Crippen molar-refractivity contribution in [1.82, 2.24) is 5.32 Å². The molecule has 0 aliphatic carbocycles. The second-order valence-corrected chi connectivity index (χ2v) is 3.44. The topological polar surface area (TPSA) is 68.3 Å². The minimum atomic E-state index is -0.145. The number of hydrogen-bond acceptors (Lipinski definition) is 3. The lowest BCUT2D eigenvalue weighted by Gasteiger charge is -2.03.